The Bertz CT molecular complexity index is 253. The third-order valence-corrected chi connectivity index (χ3v) is 4.32. The number of rotatable bonds is 6. The molecule has 0 bridgehead atoms. The molecule has 1 amide bonds. The fraction of sp³-hybridized carbons (Fsp3) is 0.833. The van der Waals surface area contributed by atoms with Gasteiger partial charge in [0.15, 0.2) is 0 Å². The third-order valence-electron chi connectivity index (χ3n) is 2.79. The van der Waals surface area contributed by atoms with E-state index in [1.54, 1.807) is 0 Å². The monoisotopic (exact) mass is 274 g/mol. The number of likely N-dealkylation sites (tertiary alicyclic amines) is 1. The molecule has 1 rings (SSSR count). The molecule has 0 aromatic heterocycles. The molecule has 0 radical (unpaired) electrons. The van der Waals surface area contributed by atoms with Crippen LogP contribution in [0.4, 0.5) is 0 Å². The smallest absolute Gasteiger partial charge is 0.230 e. The first-order chi connectivity index (χ1) is 8.24. The Hall–Kier alpha value is -0.290. The SMILES string of the molecule is CCCCCNC(=O)CSC(=S)N1CCCC1. The summed E-state index contributed by atoms with van der Waals surface area (Å²) in [6, 6.07) is 0. The summed E-state index contributed by atoms with van der Waals surface area (Å²) >= 11 is 6.79. The predicted octanol–water partition coefficient (Wildman–Crippen LogP) is 2.41. The zero-order valence-electron chi connectivity index (χ0n) is 10.5. The molecule has 5 heteroatoms. The van der Waals surface area contributed by atoms with Crippen LogP contribution in [0.15, 0.2) is 0 Å². The summed E-state index contributed by atoms with van der Waals surface area (Å²) in [5, 5.41) is 2.93. The summed E-state index contributed by atoms with van der Waals surface area (Å²) < 4.78 is 0.881. The van der Waals surface area contributed by atoms with Gasteiger partial charge in [0.2, 0.25) is 5.91 Å². The van der Waals surface area contributed by atoms with Crippen LogP contribution in [0.3, 0.4) is 0 Å². The van der Waals surface area contributed by atoms with Crippen molar-refractivity contribution in [1.29, 1.82) is 0 Å². The minimum Gasteiger partial charge on any atom is -0.358 e. The first-order valence-electron chi connectivity index (χ1n) is 6.42. The summed E-state index contributed by atoms with van der Waals surface area (Å²) in [7, 11) is 0. The molecule has 0 aromatic carbocycles. The molecule has 1 N–H and O–H groups in total. The second-order valence-electron chi connectivity index (χ2n) is 4.31. The van der Waals surface area contributed by atoms with Crippen molar-refractivity contribution < 1.29 is 4.79 Å². The van der Waals surface area contributed by atoms with Crippen LogP contribution in [0.25, 0.3) is 0 Å². The van der Waals surface area contributed by atoms with E-state index in [1.807, 2.05) is 0 Å². The van der Waals surface area contributed by atoms with E-state index < -0.39 is 0 Å². The van der Waals surface area contributed by atoms with Gasteiger partial charge in [0, 0.05) is 19.6 Å². The van der Waals surface area contributed by atoms with Crippen molar-refractivity contribution in [3.8, 4) is 0 Å². The van der Waals surface area contributed by atoms with Crippen molar-refractivity contribution in [2.45, 2.75) is 39.0 Å². The quantitative estimate of drug-likeness (QED) is 0.595. The van der Waals surface area contributed by atoms with Crippen molar-refractivity contribution in [2.75, 3.05) is 25.4 Å². The van der Waals surface area contributed by atoms with Crippen LogP contribution >= 0.6 is 24.0 Å². The highest BCUT2D eigenvalue weighted by Gasteiger charge is 2.15. The fourth-order valence-corrected chi connectivity index (χ4v) is 2.85. The number of unbranched alkanes of at least 4 members (excludes halogenated alkanes) is 2. The number of hydrogen-bond acceptors (Lipinski definition) is 3. The number of amides is 1. The number of thiocarbonyl (C=S) groups is 1. The van der Waals surface area contributed by atoms with Crippen molar-refractivity contribution in [1.82, 2.24) is 10.2 Å². The Morgan fingerprint density at radius 2 is 2.06 bits per heavy atom. The number of hydrogen-bond donors (Lipinski definition) is 1. The largest absolute Gasteiger partial charge is 0.358 e. The minimum absolute atomic E-state index is 0.104. The van der Waals surface area contributed by atoms with Gasteiger partial charge in [-0.3, -0.25) is 4.79 Å². The molecular formula is C12H22N2OS2. The van der Waals surface area contributed by atoms with Gasteiger partial charge in [0.05, 0.1) is 5.75 Å². The fourth-order valence-electron chi connectivity index (χ4n) is 1.77. The lowest BCUT2D eigenvalue weighted by Crippen LogP contribution is -2.29. The summed E-state index contributed by atoms with van der Waals surface area (Å²) in [4.78, 5) is 13.7. The van der Waals surface area contributed by atoms with E-state index >= 15 is 0 Å². The Labute approximate surface area is 114 Å². The van der Waals surface area contributed by atoms with Gasteiger partial charge in [-0.05, 0) is 19.3 Å². The molecule has 17 heavy (non-hydrogen) atoms. The van der Waals surface area contributed by atoms with Gasteiger partial charge in [-0.15, -0.1) is 0 Å². The Balaban J connectivity index is 2.04. The van der Waals surface area contributed by atoms with Gasteiger partial charge in [-0.1, -0.05) is 43.7 Å². The molecule has 1 fully saturated rings. The standard InChI is InChI=1S/C12H22N2OS2/c1-2-3-4-7-13-11(15)10-17-12(16)14-8-5-6-9-14/h2-10H2,1H3,(H,13,15). The van der Waals surface area contributed by atoms with Crippen LogP contribution in [0.5, 0.6) is 0 Å². The lowest BCUT2D eigenvalue weighted by molar-refractivity contribution is -0.118. The van der Waals surface area contributed by atoms with Gasteiger partial charge in [0.25, 0.3) is 0 Å². The van der Waals surface area contributed by atoms with Gasteiger partial charge in [-0.25, -0.2) is 0 Å². The number of thioether (sulfide) groups is 1. The maximum absolute atomic E-state index is 11.5. The van der Waals surface area contributed by atoms with Crippen LogP contribution < -0.4 is 5.32 Å². The number of nitrogens with zero attached hydrogens (tertiary/aromatic N) is 1. The normalized spacial score (nSPS) is 15.0. The Morgan fingerprint density at radius 1 is 1.35 bits per heavy atom. The van der Waals surface area contributed by atoms with E-state index in [4.69, 9.17) is 12.2 Å². The average Bonchev–Trinajstić information content (AvgIpc) is 2.85. The zero-order chi connectivity index (χ0) is 12.5. The van der Waals surface area contributed by atoms with Crippen molar-refractivity contribution in [3.63, 3.8) is 0 Å². The maximum atomic E-state index is 11.5. The van der Waals surface area contributed by atoms with Crippen LogP contribution in [0.1, 0.15) is 39.0 Å². The first-order valence-corrected chi connectivity index (χ1v) is 7.82. The Morgan fingerprint density at radius 3 is 2.71 bits per heavy atom. The van der Waals surface area contributed by atoms with E-state index in [0.29, 0.717) is 5.75 Å². The molecule has 0 spiro atoms. The van der Waals surface area contributed by atoms with E-state index in [9.17, 15) is 4.79 Å². The van der Waals surface area contributed by atoms with E-state index in [-0.39, 0.29) is 5.91 Å². The second kappa shape index (κ2) is 8.75. The molecule has 0 saturated carbocycles. The van der Waals surface area contributed by atoms with Crippen LogP contribution in [0, 0.1) is 0 Å². The van der Waals surface area contributed by atoms with Gasteiger partial charge in [0.1, 0.15) is 4.32 Å². The topological polar surface area (TPSA) is 32.3 Å². The molecule has 0 unspecified atom stereocenters. The molecule has 1 heterocycles. The van der Waals surface area contributed by atoms with Gasteiger partial charge >= 0.3 is 0 Å². The molecule has 0 atom stereocenters. The average molecular weight is 274 g/mol. The molecule has 1 saturated heterocycles. The van der Waals surface area contributed by atoms with Crippen LogP contribution in [-0.4, -0.2) is 40.5 Å². The van der Waals surface area contributed by atoms with E-state index in [0.717, 1.165) is 30.4 Å². The predicted molar refractivity (Wildman–Crippen MR) is 78.4 cm³/mol. The van der Waals surface area contributed by atoms with E-state index in [1.165, 1.54) is 37.4 Å². The van der Waals surface area contributed by atoms with E-state index in [2.05, 4.69) is 17.1 Å². The van der Waals surface area contributed by atoms with Gasteiger partial charge < -0.3 is 10.2 Å². The number of carbonyl (C=O) groups is 1. The highest BCUT2D eigenvalue weighted by Crippen LogP contribution is 2.15. The van der Waals surface area contributed by atoms with Crippen LogP contribution in [-0.2, 0) is 4.79 Å². The summed E-state index contributed by atoms with van der Waals surface area (Å²) in [6.07, 6.45) is 5.89. The first kappa shape index (κ1) is 14.8. The lowest BCUT2D eigenvalue weighted by atomic mass is 10.2. The number of nitrogens with one attached hydrogen (secondary N) is 1. The molecule has 3 nitrogen and oxygen atoms in total. The molecule has 1 aliphatic heterocycles. The Kier molecular flexibility index (Phi) is 7.60. The van der Waals surface area contributed by atoms with Gasteiger partial charge in [-0.2, -0.15) is 0 Å². The summed E-state index contributed by atoms with van der Waals surface area (Å²) in [5.74, 6) is 0.564. The minimum atomic E-state index is 0.104. The van der Waals surface area contributed by atoms with Crippen molar-refractivity contribution >= 4 is 34.2 Å². The second-order valence-corrected chi connectivity index (χ2v) is 5.91. The molecule has 98 valence electrons. The molecule has 0 aromatic rings. The van der Waals surface area contributed by atoms with Crippen molar-refractivity contribution in [3.05, 3.63) is 0 Å². The maximum Gasteiger partial charge on any atom is 0.230 e. The number of carbonyl (C=O) groups excluding carboxylic acids is 1. The zero-order valence-corrected chi connectivity index (χ0v) is 12.2. The third kappa shape index (κ3) is 6.27. The summed E-state index contributed by atoms with van der Waals surface area (Å²) in [6.45, 7) is 5.07. The molecule has 1 aliphatic rings. The summed E-state index contributed by atoms with van der Waals surface area (Å²) in [5.41, 5.74) is 0. The van der Waals surface area contributed by atoms with Crippen molar-refractivity contribution in [2.24, 2.45) is 0 Å². The molecule has 0 aliphatic carbocycles. The highest BCUT2D eigenvalue weighted by atomic mass is 32.2. The lowest BCUT2D eigenvalue weighted by Gasteiger charge is -2.17. The molecular weight excluding hydrogens is 252 g/mol. The highest BCUT2D eigenvalue weighted by molar-refractivity contribution is 8.23. The van der Waals surface area contributed by atoms with Crippen LogP contribution in [0.2, 0.25) is 0 Å².